The molecule has 122 valence electrons. The normalized spacial score (nSPS) is 25.1. The topological polar surface area (TPSA) is 76.4 Å². The number of nitrogens with one attached hydrogen (secondary N) is 1. The lowest BCUT2D eigenvalue weighted by Crippen LogP contribution is -2.43. The summed E-state index contributed by atoms with van der Waals surface area (Å²) >= 11 is 0. The predicted molar refractivity (Wildman–Crippen MR) is 87.9 cm³/mol. The lowest BCUT2D eigenvalue weighted by molar-refractivity contribution is 0.164. The van der Waals surface area contributed by atoms with Gasteiger partial charge in [0.25, 0.3) is 0 Å². The lowest BCUT2D eigenvalue weighted by Gasteiger charge is -2.33. The quantitative estimate of drug-likeness (QED) is 0.881. The molecule has 2 aliphatic rings. The second kappa shape index (κ2) is 7.01. The first kappa shape index (κ1) is 15.8. The summed E-state index contributed by atoms with van der Waals surface area (Å²) in [6.07, 6.45) is 6.25. The SMILES string of the molecule is N#Cc1cccc(NC(=O)N2CC(O)CC2C2CCCCC2)c1. The maximum Gasteiger partial charge on any atom is 0.322 e. The number of carbonyl (C=O) groups excluding carboxylic acids is 1. The van der Waals surface area contributed by atoms with Crippen LogP contribution in [0, 0.1) is 17.2 Å². The molecule has 1 aromatic carbocycles. The first-order chi connectivity index (χ1) is 11.2. The van der Waals surface area contributed by atoms with Crippen molar-refractivity contribution in [2.45, 2.75) is 50.7 Å². The van der Waals surface area contributed by atoms with Crippen LogP contribution in [0.3, 0.4) is 0 Å². The maximum absolute atomic E-state index is 12.6. The Hall–Kier alpha value is -2.06. The van der Waals surface area contributed by atoms with Crippen LogP contribution in [0.5, 0.6) is 0 Å². The van der Waals surface area contributed by atoms with Crippen molar-refractivity contribution in [1.82, 2.24) is 4.90 Å². The zero-order chi connectivity index (χ0) is 16.2. The second-order valence-electron chi connectivity index (χ2n) is 6.63. The summed E-state index contributed by atoms with van der Waals surface area (Å²) in [6, 6.07) is 8.94. The highest BCUT2D eigenvalue weighted by Crippen LogP contribution is 2.34. The summed E-state index contributed by atoms with van der Waals surface area (Å²) in [7, 11) is 0. The molecule has 2 fully saturated rings. The van der Waals surface area contributed by atoms with Crippen LogP contribution in [0.15, 0.2) is 24.3 Å². The average Bonchev–Trinajstić information content (AvgIpc) is 2.98. The average molecular weight is 313 g/mol. The number of urea groups is 1. The molecule has 1 aliphatic heterocycles. The van der Waals surface area contributed by atoms with Gasteiger partial charge in [-0.2, -0.15) is 5.26 Å². The Balaban J connectivity index is 1.70. The van der Waals surface area contributed by atoms with Gasteiger partial charge in [0.1, 0.15) is 0 Å². The first-order valence-electron chi connectivity index (χ1n) is 8.43. The van der Waals surface area contributed by atoms with E-state index in [4.69, 9.17) is 5.26 Å². The van der Waals surface area contributed by atoms with Gasteiger partial charge in [0, 0.05) is 18.3 Å². The van der Waals surface area contributed by atoms with Gasteiger partial charge in [-0.15, -0.1) is 0 Å². The first-order valence-corrected chi connectivity index (χ1v) is 8.43. The Morgan fingerprint density at radius 3 is 2.83 bits per heavy atom. The van der Waals surface area contributed by atoms with Gasteiger partial charge >= 0.3 is 6.03 Å². The van der Waals surface area contributed by atoms with E-state index in [1.165, 1.54) is 19.3 Å². The van der Waals surface area contributed by atoms with Crippen molar-refractivity contribution in [2.75, 3.05) is 11.9 Å². The number of anilines is 1. The van der Waals surface area contributed by atoms with E-state index in [2.05, 4.69) is 11.4 Å². The van der Waals surface area contributed by atoms with Gasteiger partial charge in [0.15, 0.2) is 0 Å². The number of nitriles is 1. The van der Waals surface area contributed by atoms with Gasteiger partial charge in [-0.1, -0.05) is 25.3 Å². The predicted octanol–water partition coefficient (Wildman–Crippen LogP) is 3.11. The molecule has 3 rings (SSSR count). The van der Waals surface area contributed by atoms with Gasteiger partial charge in [-0.3, -0.25) is 0 Å². The summed E-state index contributed by atoms with van der Waals surface area (Å²) in [5.74, 6) is 0.497. The van der Waals surface area contributed by atoms with Crippen molar-refractivity contribution >= 4 is 11.7 Å². The van der Waals surface area contributed by atoms with Gasteiger partial charge in [-0.25, -0.2) is 4.79 Å². The fourth-order valence-corrected chi connectivity index (χ4v) is 3.90. The molecule has 0 bridgehead atoms. The second-order valence-corrected chi connectivity index (χ2v) is 6.63. The number of amides is 2. The van der Waals surface area contributed by atoms with E-state index < -0.39 is 6.10 Å². The van der Waals surface area contributed by atoms with E-state index in [1.807, 2.05) is 0 Å². The van der Waals surface area contributed by atoms with E-state index in [-0.39, 0.29) is 12.1 Å². The number of hydrogen-bond acceptors (Lipinski definition) is 3. The summed E-state index contributed by atoms with van der Waals surface area (Å²) in [5.41, 5.74) is 1.14. The van der Waals surface area contributed by atoms with Crippen LogP contribution in [0.1, 0.15) is 44.1 Å². The zero-order valence-corrected chi connectivity index (χ0v) is 13.2. The summed E-state index contributed by atoms with van der Waals surface area (Å²) in [6.45, 7) is 0.394. The van der Waals surface area contributed by atoms with E-state index in [0.29, 0.717) is 30.1 Å². The molecule has 2 atom stereocenters. The lowest BCUT2D eigenvalue weighted by atomic mass is 9.83. The Kier molecular flexibility index (Phi) is 4.82. The van der Waals surface area contributed by atoms with E-state index >= 15 is 0 Å². The van der Waals surface area contributed by atoms with Crippen molar-refractivity contribution in [3.8, 4) is 6.07 Å². The largest absolute Gasteiger partial charge is 0.391 e. The zero-order valence-electron chi connectivity index (χ0n) is 13.2. The third-order valence-electron chi connectivity index (χ3n) is 5.02. The summed E-state index contributed by atoms with van der Waals surface area (Å²) in [5, 5.41) is 21.9. The van der Waals surface area contributed by atoms with Crippen molar-refractivity contribution in [1.29, 1.82) is 5.26 Å². The summed E-state index contributed by atoms with van der Waals surface area (Å²) < 4.78 is 0. The van der Waals surface area contributed by atoms with Crippen LogP contribution >= 0.6 is 0 Å². The highest BCUT2D eigenvalue weighted by molar-refractivity contribution is 5.90. The molecule has 0 radical (unpaired) electrons. The molecule has 2 amide bonds. The van der Waals surface area contributed by atoms with Crippen LogP contribution in [0.25, 0.3) is 0 Å². The van der Waals surface area contributed by atoms with E-state index in [1.54, 1.807) is 29.2 Å². The molecular weight excluding hydrogens is 290 g/mol. The Morgan fingerprint density at radius 1 is 1.30 bits per heavy atom. The molecule has 1 aliphatic carbocycles. The number of rotatable bonds is 2. The fourth-order valence-electron chi connectivity index (χ4n) is 3.90. The Morgan fingerprint density at radius 2 is 2.09 bits per heavy atom. The molecule has 2 N–H and O–H groups in total. The van der Waals surface area contributed by atoms with Gasteiger partial charge < -0.3 is 15.3 Å². The number of β-amino-alcohol motifs (C(OH)–C–C–N with tert-alkyl or cyclic N) is 1. The highest BCUT2D eigenvalue weighted by Gasteiger charge is 2.39. The maximum atomic E-state index is 12.6. The van der Waals surface area contributed by atoms with Crippen molar-refractivity contribution in [3.05, 3.63) is 29.8 Å². The standard InChI is InChI=1S/C18H23N3O2/c19-11-13-5-4-8-15(9-13)20-18(23)21-12-16(22)10-17(21)14-6-2-1-3-7-14/h4-5,8-9,14,16-17,22H,1-3,6-7,10,12H2,(H,20,23). The molecule has 5 nitrogen and oxygen atoms in total. The minimum absolute atomic E-state index is 0.129. The third-order valence-corrected chi connectivity index (χ3v) is 5.02. The molecule has 23 heavy (non-hydrogen) atoms. The number of aliphatic hydroxyl groups is 1. The molecule has 0 aromatic heterocycles. The molecule has 1 heterocycles. The van der Waals surface area contributed by atoms with E-state index in [0.717, 1.165) is 12.8 Å². The summed E-state index contributed by atoms with van der Waals surface area (Å²) in [4.78, 5) is 14.4. The highest BCUT2D eigenvalue weighted by atomic mass is 16.3. The fraction of sp³-hybridized carbons (Fsp3) is 0.556. The molecule has 1 saturated heterocycles. The van der Waals surface area contributed by atoms with Crippen LogP contribution in [-0.4, -0.2) is 34.7 Å². The van der Waals surface area contributed by atoms with Crippen molar-refractivity contribution < 1.29 is 9.90 Å². The van der Waals surface area contributed by atoms with Crippen molar-refractivity contribution in [3.63, 3.8) is 0 Å². The smallest absolute Gasteiger partial charge is 0.322 e. The number of benzene rings is 1. The minimum Gasteiger partial charge on any atom is -0.391 e. The molecule has 1 aromatic rings. The molecule has 0 spiro atoms. The minimum atomic E-state index is -0.432. The number of nitrogens with zero attached hydrogens (tertiary/aromatic N) is 2. The Bertz CT molecular complexity index is 605. The van der Waals surface area contributed by atoms with Gasteiger partial charge in [-0.05, 0) is 43.4 Å². The molecule has 5 heteroatoms. The van der Waals surface area contributed by atoms with Crippen LogP contribution in [0.4, 0.5) is 10.5 Å². The molecule has 1 saturated carbocycles. The monoisotopic (exact) mass is 313 g/mol. The van der Waals surface area contributed by atoms with Crippen LogP contribution in [0.2, 0.25) is 0 Å². The van der Waals surface area contributed by atoms with Gasteiger partial charge in [0.05, 0.1) is 17.7 Å². The molecule has 2 unspecified atom stereocenters. The van der Waals surface area contributed by atoms with Crippen molar-refractivity contribution in [2.24, 2.45) is 5.92 Å². The number of carbonyl (C=O) groups is 1. The van der Waals surface area contributed by atoms with Crippen LogP contribution < -0.4 is 5.32 Å². The number of hydrogen-bond donors (Lipinski definition) is 2. The van der Waals surface area contributed by atoms with E-state index in [9.17, 15) is 9.90 Å². The molecular formula is C18H23N3O2. The van der Waals surface area contributed by atoms with Crippen LogP contribution in [-0.2, 0) is 0 Å². The number of aliphatic hydroxyl groups excluding tert-OH is 1. The van der Waals surface area contributed by atoms with Gasteiger partial charge in [0.2, 0.25) is 0 Å². The number of likely N-dealkylation sites (tertiary alicyclic amines) is 1. The Labute approximate surface area is 136 Å². The third kappa shape index (κ3) is 3.65.